The SMILES string of the molecule is CCN(C(=O)N1N=Cc2cc(OC)c(OC)cc2CC1C)c1ccc(Br)cc1. The van der Waals surface area contributed by atoms with E-state index in [1.165, 1.54) is 0 Å². The summed E-state index contributed by atoms with van der Waals surface area (Å²) in [6.45, 7) is 4.50. The molecule has 0 fully saturated rings. The third kappa shape index (κ3) is 3.99. The van der Waals surface area contributed by atoms with Gasteiger partial charge in [-0.3, -0.25) is 4.90 Å². The van der Waals surface area contributed by atoms with Crippen molar-refractivity contribution in [3.8, 4) is 11.5 Å². The highest BCUT2D eigenvalue weighted by atomic mass is 79.9. The largest absolute Gasteiger partial charge is 0.493 e. The van der Waals surface area contributed by atoms with Crippen molar-refractivity contribution < 1.29 is 14.3 Å². The lowest BCUT2D eigenvalue weighted by atomic mass is 10.0. The number of nitrogens with zero attached hydrogens (tertiary/aromatic N) is 3. The van der Waals surface area contributed by atoms with E-state index in [9.17, 15) is 4.79 Å². The number of ether oxygens (including phenoxy) is 2. The third-order valence-electron chi connectivity index (χ3n) is 4.78. The molecule has 2 aromatic rings. The quantitative estimate of drug-likeness (QED) is 0.685. The Balaban J connectivity index is 1.90. The van der Waals surface area contributed by atoms with E-state index in [2.05, 4.69) is 21.0 Å². The minimum Gasteiger partial charge on any atom is -0.493 e. The zero-order valence-corrected chi connectivity index (χ0v) is 18.1. The lowest BCUT2D eigenvalue weighted by molar-refractivity contribution is 0.189. The van der Waals surface area contributed by atoms with Crippen molar-refractivity contribution in [2.24, 2.45) is 5.10 Å². The van der Waals surface area contributed by atoms with Crippen LogP contribution in [-0.2, 0) is 6.42 Å². The molecule has 1 aliphatic rings. The van der Waals surface area contributed by atoms with Crippen LogP contribution in [-0.4, -0.2) is 44.1 Å². The summed E-state index contributed by atoms with van der Waals surface area (Å²) in [7, 11) is 3.22. The van der Waals surface area contributed by atoms with Crippen LogP contribution in [0.2, 0.25) is 0 Å². The Bertz CT molecular complexity index is 883. The second kappa shape index (κ2) is 8.65. The van der Waals surface area contributed by atoms with Crippen molar-refractivity contribution in [3.63, 3.8) is 0 Å². The smallest absolute Gasteiger partial charge is 0.345 e. The van der Waals surface area contributed by atoms with Gasteiger partial charge in [0.25, 0.3) is 0 Å². The van der Waals surface area contributed by atoms with Gasteiger partial charge >= 0.3 is 6.03 Å². The molecule has 2 aromatic carbocycles. The lowest BCUT2D eigenvalue weighted by Crippen LogP contribution is -2.45. The minimum absolute atomic E-state index is 0.104. The molecule has 2 amide bonds. The van der Waals surface area contributed by atoms with Crippen LogP contribution in [0.4, 0.5) is 10.5 Å². The maximum absolute atomic E-state index is 13.3. The fourth-order valence-corrected chi connectivity index (χ4v) is 3.55. The summed E-state index contributed by atoms with van der Waals surface area (Å²) in [5.41, 5.74) is 2.82. The predicted octanol–water partition coefficient (Wildman–Crippen LogP) is 4.69. The van der Waals surface area contributed by atoms with Crippen LogP contribution in [0.15, 0.2) is 46.0 Å². The summed E-state index contributed by atoms with van der Waals surface area (Å²) >= 11 is 3.43. The highest BCUT2D eigenvalue weighted by Gasteiger charge is 2.28. The summed E-state index contributed by atoms with van der Waals surface area (Å²) in [5, 5.41) is 6.05. The van der Waals surface area contributed by atoms with Crippen LogP contribution < -0.4 is 14.4 Å². The van der Waals surface area contributed by atoms with Gasteiger partial charge in [0, 0.05) is 22.3 Å². The molecule has 28 heavy (non-hydrogen) atoms. The van der Waals surface area contributed by atoms with Gasteiger partial charge in [0.2, 0.25) is 0 Å². The Morgan fingerprint density at radius 1 is 1.21 bits per heavy atom. The van der Waals surface area contributed by atoms with Crippen molar-refractivity contribution in [1.82, 2.24) is 5.01 Å². The number of urea groups is 1. The highest BCUT2D eigenvalue weighted by Crippen LogP contribution is 2.32. The van der Waals surface area contributed by atoms with Crippen LogP contribution in [0, 0.1) is 0 Å². The molecule has 1 heterocycles. The first kappa shape index (κ1) is 20.2. The van der Waals surface area contributed by atoms with Gasteiger partial charge in [0.05, 0.1) is 26.5 Å². The number of anilines is 1. The van der Waals surface area contributed by atoms with Crippen molar-refractivity contribution in [3.05, 3.63) is 52.0 Å². The van der Waals surface area contributed by atoms with E-state index in [0.717, 1.165) is 21.3 Å². The summed E-state index contributed by atoms with van der Waals surface area (Å²) in [4.78, 5) is 15.0. The second-order valence-corrected chi connectivity index (χ2v) is 7.47. The Kier molecular flexibility index (Phi) is 6.24. The average Bonchev–Trinajstić information content (AvgIpc) is 2.86. The van der Waals surface area contributed by atoms with Crippen molar-refractivity contribution in [1.29, 1.82) is 0 Å². The first-order valence-corrected chi connectivity index (χ1v) is 9.93. The highest BCUT2D eigenvalue weighted by molar-refractivity contribution is 9.10. The standard InChI is InChI=1S/C21H24BrN3O3/c1-5-24(18-8-6-17(22)7-9-18)21(26)25-14(2)10-15-11-19(27-3)20(28-4)12-16(15)13-23-25/h6-9,11-14H,5,10H2,1-4H3. The van der Waals surface area contributed by atoms with Crippen molar-refractivity contribution in [2.75, 3.05) is 25.7 Å². The molecule has 148 valence electrons. The Morgan fingerprint density at radius 3 is 2.46 bits per heavy atom. The van der Waals surface area contributed by atoms with E-state index in [1.54, 1.807) is 30.3 Å². The summed E-state index contributed by atoms with van der Waals surface area (Å²) in [6.07, 6.45) is 2.38. The number of halogens is 1. The van der Waals surface area contributed by atoms with Crippen molar-refractivity contribution in [2.45, 2.75) is 26.3 Å². The molecule has 0 radical (unpaired) electrons. The van der Waals surface area contributed by atoms with E-state index in [1.807, 2.05) is 50.2 Å². The lowest BCUT2D eigenvalue weighted by Gasteiger charge is -2.30. The summed E-state index contributed by atoms with van der Waals surface area (Å²) < 4.78 is 11.8. The van der Waals surface area contributed by atoms with Crippen LogP contribution in [0.5, 0.6) is 11.5 Å². The predicted molar refractivity (Wildman–Crippen MR) is 115 cm³/mol. The number of carbonyl (C=O) groups is 1. The van der Waals surface area contributed by atoms with E-state index >= 15 is 0 Å². The molecule has 0 saturated carbocycles. The molecular formula is C21H24BrN3O3. The van der Waals surface area contributed by atoms with Gasteiger partial charge in [0.15, 0.2) is 11.5 Å². The van der Waals surface area contributed by atoms with Gasteiger partial charge in [-0.15, -0.1) is 0 Å². The van der Waals surface area contributed by atoms with Gasteiger partial charge in [-0.25, -0.2) is 9.80 Å². The number of hydrazone groups is 1. The van der Waals surface area contributed by atoms with Crippen LogP contribution >= 0.6 is 15.9 Å². The Hall–Kier alpha value is -2.54. The van der Waals surface area contributed by atoms with Gasteiger partial charge in [0.1, 0.15) is 0 Å². The summed E-state index contributed by atoms with van der Waals surface area (Å²) in [5.74, 6) is 1.32. The Morgan fingerprint density at radius 2 is 1.86 bits per heavy atom. The molecular weight excluding hydrogens is 422 g/mol. The van der Waals surface area contributed by atoms with E-state index in [-0.39, 0.29) is 12.1 Å². The zero-order valence-electron chi connectivity index (χ0n) is 16.5. The van der Waals surface area contributed by atoms with Crippen LogP contribution in [0.1, 0.15) is 25.0 Å². The number of amides is 2. The number of carbonyl (C=O) groups excluding carboxylic acids is 1. The normalized spacial score (nSPS) is 15.6. The van der Waals surface area contributed by atoms with Crippen LogP contribution in [0.3, 0.4) is 0 Å². The van der Waals surface area contributed by atoms with E-state index in [4.69, 9.17) is 9.47 Å². The number of benzene rings is 2. The number of methoxy groups -OCH3 is 2. The molecule has 0 N–H and O–H groups in total. The number of hydrogen-bond acceptors (Lipinski definition) is 4. The first-order chi connectivity index (χ1) is 13.5. The minimum atomic E-state index is -0.152. The molecule has 0 aliphatic carbocycles. The first-order valence-electron chi connectivity index (χ1n) is 9.13. The monoisotopic (exact) mass is 445 g/mol. The molecule has 7 heteroatoms. The molecule has 1 unspecified atom stereocenters. The van der Waals surface area contributed by atoms with Gasteiger partial charge in [-0.2, -0.15) is 5.10 Å². The molecule has 3 rings (SSSR count). The molecule has 1 aliphatic heterocycles. The van der Waals surface area contributed by atoms with Gasteiger partial charge < -0.3 is 9.47 Å². The number of rotatable bonds is 4. The van der Waals surface area contributed by atoms with Gasteiger partial charge in [-0.1, -0.05) is 15.9 Å². The summed E-state index contributed by atoms with van der Waals surface area (Å²) in [6, 6.07) is 11.3. The molecule has 1 atom stereocenters. The van der Waals surface area contributed by atoms with E-state index in [0.29, 0.717) is 24.5 Å². The third-order valence-corrected chi connectivity index (χ3v) is 5.31. The molecule has 0 saturated heterocycles. The number of fused-ring (bicyclic) bond motifs is 1. The number of hydrogen-bond donors (Lipinski definition) is 0. The fourth-order valence-electron chi connectivity index (χ4n) is 3.29. The second-order valence-electron chi connectivity index (χ2n) is 6.55. The maximum Gasteiger partial charge on any atom is 0.345 e. The average molecular weight is 446 g/mol. The maximum atomic E-state index is 13.3. The van der Waals surface area contributed by atoms with E-state index < -0.39 is 0 Å². The van der Waals surface area contributed by atoms with Crippen LogP contribution in [0.25, 0.3) is 0 Å². The Labute approximate surface area is 173 Å². The molecule has 0 bridgehead atoms. The van der Waals surface area contributed by atoms with Crippen molar-refractivity contribution >= 4 is 33.9 Å². The molecule has 0 spiro atoms. The molecule has 0 aromatic heterocycles. The molecule has 6 nitrogen and oxygen atoms in total. The zero-order chi connectivity index (χ0) is 20.3. The fraction of sp³-hybridized carbons (Fsp3) is 0.333. The topological polar surface area (TPSA) is 54.4 Å². The van der Waals surface area contributed by atoms with Gasteiger partial charge in [-0.05, 0) is 62.2 Å².